The highest BCUT2D eigenvalue weighted by atomic mass is 32.2. The molecule has 78 valence electrons. The molecule has 0 unspecified atom stereocenters. The quantitative estimate of drug-likeness (QED) is 0.701. The first-order valence-corrected chi connectivity index (χ1v) is 5.84. The molecule has 0 saturated carbocycles. The van der Waals surface area contributed by atoms with Gasteiger partial charge < -0.3 is 5.11 Å². The van der Waals surface area contributed by atoms with E-state index in [4.69, 9.17) is 5.11 Å². The Kier molecular flexibility index (Phi) is 3.09. The van der Waals surface area contributed by atoms with Gasteiger partial charge in [0.1, 0.15) is 4.88 Å². The molecule has 3 N–H and O–H groups in total. The minimum Gasteiger partial charge on any atom is -0.477 e. The summed E-state index contributed by atoms with van der Waals surface area (Å²) in [6.45, 7) is 0. The van der Waals surface area contributed by atoms with Gasteiger partial charge in [-0.3, -0.25) is 4.72 Å². The van der Waals surface area contributed by atoms with Crippen molar-refractivity contribution in [2.24, 2.45) is 0 Å². The third kappa shape index (κ3) is 2.44. The fourth-order valence-electron chi connectivity index (χ4n) is 0.751. The molecule has 0 spiro atoms. The Morgan fingerprint density at radius 1 is 1.57 bits per heavy atom. The van der Waals surface area contributed by atoms with Gasteiger partial charge in [-0.1, -0.05) is 0 Å². The maximum atomic E-state index is 11.0. The van der Waals surface area contributed by atoms with Crippen molar-refractivity contribution >= 4 is 33.2 Å². The summed E-state index contributed by atoms with van der Waals surface area (Å²) in [6, 6.07) is 1.39. The number of hydrogen-bond acceptors (Lipinski definition) is 4. The minimum absolute atomic E-state index is 0.0381. The van der Waals surface area contributed by atoms with Gasteiger partial charge in [0.05, 0.1) is 5.69 Å². The first-order chi connectivity index (χ1) is 6.46. The largest absolute Gasteiger partial charge is 0.477 e. The van der Waals surface area contributed by atoms with Crippen LogP contribution in [0.4, 0.5) is 5.69 Å². The second-order valence-electron chi connectivity index (χ2n) is 2.28. The highest BCUT2D eigenvalue weighted by Gasteiger charge is 2.15. The summed E-state index contributed by atoms with van der Waals surface area (Å²) in [4.78, 5) is 10.6. The van der Waals surface area contributed by atoms with Crippen molar-refractivity contribution in [1.29, 1.82) is 0 Å². The number of hydrogen-bond donors (Lipinski definition) is 3. The molecule has 1 rings (SSSR count). The predicted molar refractivity (Wildman–Crippen MR) is 52.9 cm³/mol. The molecular formula is C6H8N2O4S2. The summed E-state index contributed by atoms with van der Waals surface area (Å²) in [5, 5.41) is 10.2. The molecule has 0 aliphatic carbocycles. The maximum Gasteiger partial charge on any atom is 0.348 e. The van der Waals surface area contributed by atoms with Crippen LogP contribution in [0.15, 0.2) is 11.4 Å². The van der Waals surface area contributed by atoms with Crippen LogP contribution in [0.1, 0.15) is 9.67 Å². The Morgan fingerprint density at radius 3 is 2.71 bits per heavy atom. The molecule has 0 bridgehead atoms. The normalized spacial score (nSPS) is 11.2. The predicted octanol–water partition coefficient (Wildman–Crippen LogP) is 0.322. The van der Waals surface area contributed by atoms with E-state index in [2.05, 4.69) is 4.72 Å². The molecule has 14 heavy (non-hydrogen) atoms. The van der Waals surface area contributed by atoms with Gasteiger partial charge in [0.15, 0.2) is 0 Å². The molecule has 0 aliphatic rings. The van der Waals surface area contributed by atoms with E-state index in [0.717, 1.165) is 11.3 Å². The van der Waals surface area contributed by atoms with Crippen LogP contribution < -0.4 is 9.44 Å². The summed E-state index contributed by atoms with van der Waals surface area (Å²) in [5.74, 6) is -1.16. The van der Waals surface area contributed by atoms with Gasteiger partial charge >= 0.3 is 5.97 Å². The molecule has 0 amide bonds. The van der Waals surface area contributed by atoms with Crippen LogP contribution in [0.5, 0.6) is 0 Å². The van der Waals surface area contributed by atoms with Crippen LogP contribution in [0.2, 0.25) is 0 Å². The molecule has 1 heterocycles. The molecular weight excluding hydrogens is 228 g/mol. The SMILES string of the molecule is CNS(=O)(=O)Nc1ccsc1C(=O)O. The Hall–Kier alpha value is -1.12. The summed E-state index contributed by atoms with van der Waals surface area (Å²) in [6.07, 6.45) is 0. The molecule has 1 aromatic heterocycles. The number of thiophene rings is 1. The Balaban J connectivity index is 2.98. The molecule has 0 aliphatic heterocycles. The van der Waals surface area contributed by atoms with E-state index >= 15 is 0 Å². The lowest BCUT2D eigenvalue weighted by Crippen LogP contribution is -2.26. The topological polar surface area (TPSA) is 95.5 Å². The Morgan fingerprint density at radius 2 is 2.21 bits per heavy atom. The monoisotopic (exact) mass is 236 g/mol. The second kappa shape index (κ2) is 3.95. The number of nitrogens with one attached hydrogen (secondary N) is 2. The maximum absolute atomic E-state index is 11.0. The molecule has 6 nitrogen and oxygen atoms in total. The summed E-state index contributed by atoms with van der Waals surface area (Å²) >= 11 is 0.955. The van der Waals surface area contributed by atoms with Crippen molar-refractivity contribution in [3.05, 3.63) is 16.3 Å². The Labute approximate surface area is 84.8 Å². The van der Waals surface area contributed by atoms with Crippen LogP contribution in [-0.4, -0.2) is 26.5 Å². The zero-order valence-electron chi connectivity index (χ0n) is 7.14. The van der Waals surface area contributed by atoms with E-state index in [1.54, 1.807) is 0 Å². The number of carbonyl (C=O) groups is 1. The third-order valence-electron chi connectivity index (χ3n) is 1.37. The van der Waals surface area contributed by atoms with Crippen LogP contribution in [-0.2, 0) is 10.2 Å². The van der Waals surface area contributed by atoms with Crippen LogP contribution in [0.3, 0.4) is 0 Å². The van der Waals surface area contributed by atoms with Crippen LogP contribution >= 0.6 is 11.3 Å². The van der Waals surface area contributed by atoms with E-state index < -0.39 is 16.2 Å². The molecule has 0 atom stereocenters. The van der Waals surface area contributed by atoms with Crippen LogP contribution in [0, 0.1) is 0 Å². The molecule has 0 aromatic carbocycles. The van der Waals surface area contributed by atoms with Crippen molar-refractivity contribution in [2.75, 3.05) is 11.8 Å². The number of anilines is 1. The standard InChI is InChI=1S/C6H8N2O4S2/c1-7-14(11,12)8-4-2-3-13-5(4)6(9)10/h2-3,7-8H,1H3,(H,9,10). The summed E-state index contributed by atoms with van der Waals surface area (Å²) in [7, 11) is -2.42. The van der Waals surface area contributed by atoms with Crippen molar-refractivity contribution in [3.63, 3.8) is 0 Å². The van der Waals surface area contributed by atoms with Gasteiger partial charge in [0.25, 0.3) is 10.2 Å². The van der Waals surface area contributed by atoms with Gasteiger partial charge in [-0.15, -0.1) is 11.3 Å². The van der Waals surface area contributed by atoms with Gasteiger partial charge in [-0.25, -0.2) is 9.52 Å². The second-order valence-corrected chi connectivity index (χ2v) is 4.81. The van der Waals surface area contributed by atoms with Gasteiger partial charge in [0.2, 0.25) is 0 Å². The molecule has 0 saturated heterocycles. The highest BCUT2D eigenvalue weighted by Crippen LogP contribution is 2.22. The number of carboxylic acids is 1. The average molecular weight is 236 g/mol. The molecule has 1 aromatic rings. The summed E-state index contributed by atoms with van der Waals surface area (Å²) in [5.41, 5.74) is 0.0665. The Bertz CT molecular complexity index is 436. The zero-order valence-corrected chi connectivity index (χ0v) is 8.78. The van der Waals surface area contributed by atoms with Crippen molar-refractivity contribution in [3.8, 4) is 0 Å². The smallest absolute Gasteiger partial charge is 0.348 e. The number of rotatable bonds is 4. The fourth-order valence-corrected chi connectivity index (χ4v) is 2.06. The third-order valence-corrected chi connectivity index (χ3v) is 3.30. The average Bonchev–Trinajstić information content (AvgIpc) is 2.51. The lowest BCUT2D eigenvalue weighted by molar-refractivity contribution is 0.0703. The van der Waals surface area contributed by atoms with Gasteiger partial charge in [-0.2, -0.15) is 8.42 Å². The lowest BCUT2D eigenvalue weighted by Gasteiger charge is -2.04. The fraction of sp³-hybridized carbons (Fsp3) is 0.167. The number of aromatic carboxylic acids is 1. The van der Waals surface area contributed by atoms with E-state index in [1.165, 1.54) is 18.5 Å². The van der Waals surface area contributed by atoms with E-state index in [0.29, 0.717) is 0 Å². The first-order valence-electron chi connectivity index (χ1n) is 3.48. The van der Waals surface area contributed by atoms with E-state index in [-0.39, 0.29) is 10.6 Å². The molecule has 8 heteroatoms. The van der Waals surface area contributed by atoms with Crippen LogP contribution in [0.25, 0.3) is 0 Å². The summed E-state index contributed by atoms with van der Waals surface area (Å²) < 4.78 is 26.2. The number of carboxylic acid groups (broad SMARTS) is 1. The lowest BCUT2D eigenvalue weighted by atomic mass is 10.4. The van der Waals surface area contributed by atoms with Gasteiger partial charge in [0, 0.05) is 7.05 Å². The van der Waals surface area contributed by atoms with Crippen molar-refractivity contribution in [1.82, 2.24) is 4.72 Å². The van der Waals surface area contributed by atoms with E-state index in [1.807, 2.05) is 4.72 Å². The van der Waals surface area contributed by atoms with E-state index in [9.17, 15) is 13.2 Å². The highest BCUT2D eigenvalue weighted by molar-refractivity contribution is 7.90. The van der Waals surface area contributed by atoms with Gasteiger partial charge in [-0.05, 0) is 11.4 Å². The van der Waals surface area contributed by atoms with Crippen molar-refractivity contribution < 1.29 is 18.3 Å². The zero-order chi connectivity index (χ0) is 10.8. The minimum atomic E-state index is -3.66. The van der Waals surface area contributed by atoms with Crippen molar-refractivity contribution in [2.45, 2.75) is 0 Å². The molecule has 0 fully saturated rings. The molecule has 0 radical (unpaired) electrons. The first kappa shape index (κ1) is 11.0.